The van der Waals surface area contributed by atoms with Crippen molar-refractivity contribution in [2.75, 3.05) is 12.4 Å². The van der Waals surface area contributed by atoms with Crippen LogP contribution in [0.4, 0.5) is 5.69 Å². The topological polar surface area (TPSA) is 76.4 Å². The Hall–Kier alpha value is -3.71. The van der Waals surface area contributed by atoms with E-state index >= 15 is 0 Å². The first-order valence-corrected chi connectivity index (χ1v) is 9.67. The van der Waals surface area contributed by atoms with Crippen LogP contribution >= 0.6 is 12.2 Å². The number of benzene rings is 3. The van der Waals surface area contributed by atoms with Gasteiger partial charge in [-0.15, -0.1) is 0 Å². The molecule has 4 aromatic rings. The van der Waals surface area contributed by atoms with Crippen LogP contribution in [0.2, 0.25) is 0 Å². The van der Waals surface area contributed by atoms with E-state index in [-0.39, 0.29) is 11.0 Å². The van der Waals surface area contributed by atoms with Crippen molar-refractivity contribution in [2.24, 2.45) is 0 Å². The van der Waals surface area contributed by atoms with Gasteiger partial charge in [0.15, 0.2) is 10.7 Å². The molecule has 2 N–H and O–H groups in total. The Balaban J connectivity index is 1.47. The Kier molecular flexibility index (Phi) is 5.45. The van der Waals surface area contributed by atoms with E-state index in [9.17, 15) is 4.79 Å². The second-order valence-corrected chi connectivity index (χ2v) is 7.12. The predicted octanol–water partition coefficient (Wildman–Crippen LogP) is 4.94. The molecule has 0 saturated carbocycles. The van der Waals surface area contributed by atoms with E-state index in [2.05, 4.69) is 15.6 Å². The lowest BCUT2D eigenvalue weighted by Crippen LogP contribution is -2.34. The lowest BCUT2D eigenvalue weighted by molar-refractivity contribution is 0.0977. The molecule has 3 aromatic carbocycles. The number of fused-ring (bicyclic) bond motifs is 1. The van der Waals surface area contributed by atoms with Crippen molar-refractivity contribution in [3.05, 3.63) is 77.9 Å². The Bertz CT molecular complexity index is 1230. The molecule has 0 spiro atoms. The molecule has 7 heteroatoms. The molecule has 4 rings (SSSR count). The molecule has 0 unspecified atom stereocenters. The highest BCUT2D eigenvalue weighted by Gasteiger charge is 2.11. The summed E-state index contributed by atoms with van der Waals surface area (Å²) >= 11 is 5.27. The van der Waals surface area contributed by atoms with E-state index in [1.54, 1.807) is 19.2 Å². The van der Waals surface area contributed by atoms with Gasteiger partial charge in [-0.05, 0) is 73.7 Å². The highest BCUT2D eigenvalue weighted by atomic mass is 32.1. The second-order valence-electron chi connectivity index (χ2n) is 6.71. The summed E-state index contributed by atoms with van der Waals surface area (Å²) in [5, 5.41) is 5.91. The van der Waals surface area contributed by atoms with Gasteiger partial charge in [0, 0.05) is 16.8 Å². The maximum atomic E-state index is 12.3. The highest BCUT2D eigenvalue weighted by Crippen LogP contribution is 2.27. The number of carbonyl (C=O) groups excluding carboxylic acids is 1. The third-order valence-corrected chi connectivity index (χ3v) is 4.69. The zero-order valence-electron chi connectivity index (χ0n) is 16.4. The van der Waals surface area contributed by atoms with Crippen LogP contribution in [-0.2, 0) is 0 Å². The molecule has 0 radical (unpaired) electrons. The number of nitrogens with zero attached hydrogens (tertiary/aromatic N) is 1. The number of hydrogen-bond acceptors (Lipinski definition) is 5. The Morgan fingerprint density at radius 2 is 1.87 bits per heavy atom. The summed E-state index contributed by atoms with van der Waals surface area (Å²) in [7, 11) is 1.62. The largest absolute Gasteiger partial charge is 0.497 e. The first-order chi connectivity index (χ1) is 14.5. The Morgan fingerprint density at radius 1 is 1.07 bits per heavy atom. The van der Waals surface area contributed by atoms with Gasteiger partial charge in [-0.3, -0.25) is 10.1 Å². The molecule has 0 saturated heterocycles. The number of aryl methyl sites for hydroxylation is 1. The number of nitrogens with one attached hydrogen (secondary N) is 2. The average Bonchev–Trinajstić information content (AvgIpc) is 3.17. The summed E-state index contributed by atoms with van der Waals surface area (Å²) in [4.78, 5) is 16.9. The van der Waals surface area contributed by atoms with Gasteiger partial charge in [0.2, 0.25) is 5.89 Å². The third-order valence-electron chi connectivity index (χ3n) is 4.49. The highest BCUT2D eigenvalue weighted by molar-refractivity contribution is 7.80. The van der Waals surface area contributed by atoms with E-state index < -0.39 is 0 Å². The lowest BCUT2D eigenvalue weighted by Gasteiger charge is -2.09. The fourth-order valence-corrected chi connectivity index (χ4v) is 3.20. The van der Waals surface area contributed by atoms with Crippen molar-refractivity contribution >= 4 is 40.0 Å². The van der Waals surface area contributed by atoms with Crippen LogP contribution in [-0.4, -0.2) is 23.1 Å². The normalized spacial score (nSPS) is 10.6. The van der Waals surface area contributed by atoms with Gasteiger partial charge in [0.05, 0.1) is 7.11 Å². The minimum absolute atomic E-state index is 0.208. The molecule has 0 atom stereocenters. The number of oxazole rings is 1. The maximum absolute atomic E-state index is 12.3. The number of thiocarbonyl (C=S) groups is 1. The van der Waals surface area contributed by atoms with Crippen molar-refractivity contribution in [2.45, 2.75) is 6.92 Å². The Labute approximate surface area is 178 Å². The first kappa shape index (κ1) is 19.6. The zero-order chi connectivity index (χ0) is 21.1. The molecule has 0 aliphatic carbocycles. The van der Waals surface area contributed by atoms with Crippen molar-refractivity contribution < 1.29 is 13.9 Å². The number of amides is 1. The predicted molar refractivity (Wildman–Crippen MR) is 121 cm³/mol. The number of ether oxygens (including phenoxy) is 1. The molecule has 1 amide bonds. The molecule has 6 nitrogen and oxygen atoms in total. The van der Waals surface area contributed by atoms with Gasteiger partial charge >= 0.3 is 0 Å². The molecule has 0 bridgehead atoms. The van der Waals surface area contributed by atoms with Gasteiger partial charge < -0.3 is 14.5 Å². The van der Waals surface area contributed by atoms with Crippen molar-refractivity contribution in [1.82, 2.24) is 10.3 Å². The molecule has 1 aromatic heterocycles. The van der Waals surface area contributed by atoms with E-state index in [0.717, 1.165) is 16.9 Å². The fourth-order valence-electron chi connectivity index (χ4n) is 2.99. The number of anilines is 1. The number of methoxy groups -OCH3 is 1. The summed E-state index contributed by atoms with van der Waals surface area (Å²) in [6, 6.07) is 20.2. The van der Waals surface area contributed by atoms with Gasteiger partial charge in [-0.1, -0.05) is 17.7 Å². The van der Waals surface area contributed by atoms with E-state index in [1.807, 2.05) is 61.5 Å². The number of rotatable bonds is 4. The summed E-state index contributed by atoms with van der Waals surface area (Å²) in [5.74, 6) is 1.02. The van der Waals surface area contributed by atoms with Gasteiger partial charge in [0.1, 0.15) is 11.3 Å². The van der Waals surface area contributed by atoms with E-state index in [1.165, 1.54) is 0 Å². The van der Waals surface area contributed by atoms with Crippen molar-refractivity contribution in [3.8, 4) is 17.2 Å². The first-order valence-electron chi connectivity index (χ1n) is 9.26. The van der Waals surface area contributed by atoms with Crippen LogP contribution < -0.4 is 15.4 Å². The molecule has 0 aliphatic heterocycles. The Morgan fingerprint density at radius 3 is 2.60 bits per heavy atom. The third kappa shape index (κ3) is 4.31. The summed E-state index contributed by atoms with van der Waals surface area (Å²) in [6.07, 6.45) is 0. The minimum Gasteiger partial charge on any atom is -0.497 e. The minimum atomic E-state index is -0.263. The van der Waals surface area contributed by atoms with Crippen LogP contribution in [0.5, 0.6) is 5.75 Å². The smallest absolute Gasteiger partial charge is 0.257 e. The molecular weight excluding hydrogens is 398 g/mol. The summed E-state index contributed by atoms with van der Waals surface area (Å²) in [6.45, 7) is 1.93. The SMILES string of the molecule is COc1ccc(-c2nc3cc(NC(=S)NC(=O)c4cccc(C)c4)ccc3o2)cc1. The number of hydrogen-bond donors (Lipinski definition) is 2. The maximum Gasteiger partial charge on any atom is 0.257 e. The number of carbonyl (C=O) groups is 1. The fraction of sp³-hybridized carbons (Fsp3) is 0.0870. The van der Waals surface area contributed by atoms with Crippen LogP contribution in [0.15, 0.2) is 71.1 Å². The van der Waals surface area contributed by atoms with E-state index in [4.69, 9.17) is 21.4 Å². The molecule has 30 heavy (non-hydrogen) atoms. The molecule has 0 fully saturated rings. The second kappa shape index (κ2) is 8.34. The summed E-state index contributed by atoms with van der Waals surface area (Å²) in [5.41, 5.74) is 4.44. The average molecular weight is 417 g/mol. The lowest BCUT2D eigenvalue weighted by atomic mass is 10.1. The monoisotopic (exact) mass is 417 g/mol. The standard InChI is InChI=1S/C23H19N3O3S/c1-14-4-3-5-16(12-14)21(27)26-23(30)24-17-8-11-20-19(13-17)25-22(29-20)15-6-9-18(28-2)10-7-15/h3-13H,1-2H3,(H2,24,26,27,30). The molecule has 150 valence electrons. The van der Waals surface area contributed by atoms with Crippen LogP contribution in [0, 0.1) is 6.92 Å². The van der Waals surface area contributed by atoms with Crippen molar-refractivity contribution in [3.63, 3.8) is 0 Å². The number of aromatic nitrogens is 1. The quantitative estimate of drug-likeness (QED) is 0.458. The summed E-state index contributed by atoms with van der Waals surface area (Å²) < 4.78 is 11.0. The molecule has 1 heterocycles. The van der Waals surface area contributed by atoms with Gasteiger partial charge in [0.25, 0.3) is 5.91 Å². The van der Waals surface area contributed by atoms with Gasteiger partial charge in [-0.25, -0.2) is 4.98 Å². The van der Waals surface area contributed by atoms with Crippen molar-refractivity contribution in [1.29, 1.82) is 0 Å². The molecule has 0 aliphatic rings. The zero-order valence-corrected chi connectivity index (χ0v) is 17.2. The van der Waals surface area contributed by atoms with Crippen LogP contribution in [0.1, 0.15) is 15.9 Å². The van der Waals surface area contributed by atoms with Gasteiger partial charge in [-0.2, -0.15) is 0 Å². The van der Waals surface area contributed by atoms with Crippen LogP contribution in [0.3, 0.4) is 0 Å². The van der Waals surface area contributed by atoms with E-state index in [0.29, 0.717) is 28.2 Å². The van der Waals surface area contributed by atoms with Crippen LogP contribution in [0.25, 0.3) is 22.6 Å². The molecular formula is C23H19N3O3S.